The minimum Gasteiger partial charge on any atom is -0.508 e. The molecule has 2 fully saturated rings. The molecule has 2 aromatic carbocycles. The molecule has 2 aliphatic heterocycles. The number of likely N-dealkylation sites (tertiary alicyclic amines) is 2. The summed E-state index contributed by atoms with van der Waals surface area (Å²) in [6.07, 6.45) is 6.53. The molecular formula is C26H32N2O3. The van der Waals surface area contributed by atoms with Gasteiger partial charge in [0.15, 0.2) is 0 Å². The molecule has 0 atom stereocenters. The lowest BCUT2D eigenvalue weighted by atomic mass is 9.99. The van der Waals surface area contributed by atoms with Crippen molar-refractivity contribution in [2.45, 2.75) is 44.7 Å². The summed E-state index contributed by atoms with van der Waals surface area (Å²) in [5.41, 5.74) is 2.68. The lowest BCUT2D eigenvalue weighted by molar-refractivity contribution is 0.0895. The van der Waals surface area contributed by atoms with E-state index >= 15 is 0 Å². The second-order valence-electron chi connectivity index (χ2n) is 8.89. The fourth-order valence-electron chi connectivity index (χ4n) is 5.25. The number of nitrogens with zero attached hydrogens (tertiary/aromatic N) is 2. The molecule has 5 heteroatoms. The van der Waals surface area contributed by atoms with Gasteiger partial charge in [0.05, 0.1) is 12.7 Å². The predicted octanol–water partition coefficient (Wildman–Crippen LogP) is 5.26. The molecule has 5 rings (SSSR count). The van der Waals surface area contributed by atoms with E-state index in [1.54, 1.807) is 13.2 Å². The molecule has 0 aliphatic carbocycles. The molecule has 5 nitrogen and oxygen atoms in total. The van der Waals surface area contributed by atoms with Gasteiger partial charge in [0, 0.05) is 23.5 Å². The standard InChI is InChI=1S/C26H32N2O3/c1-30-24-8-4-3-7-20(24)26-17-21-22(23(29)9-10-25(21)31-26)18-27-15-11-19(12-16-27)28-13-5-2-6-14-28/h3-4,7-10,17,19,29H,2,5-6,11-16,18H2,1H3. The second kappa shape index (κ2) is 8.93. The highest BCUT2D eigenvalue weighted by Gasteiger charge is 2.26. The average Bonchev–Trinajstić information content (AvgIpc) is 3.26. The molecule has 0 saturated carbocycles. The van der Waals surface area contributed by atoms with E-state index in [-0.39, 0.29) is 0 Å². The van der Waals surface area contributed by atoms with Crippen LogP contribution in [0.4, 0.5) is 0 Å². The van der Waals surface area contributed by atoms with Gasteiger partial charge in [-0.3, -0.25) is 4.90 Å². The van der Waals surface area contributed by atoms with Gasteiger partial charge in [-0.1, -0.05) is 18.6 Å². The maximum absolute atomic E-state index is 10.7. The Morgan fingerprint density at radius 1 is 1.00 bits per heavy atom. The number of benzene rings is 2. The van der Waals surface area contributed by atoms with Crippen LogP contribution in [0, 0.1) is 0 Å². The van der Waals surface area contributed by atoms with E-state index in [0.29, 0.717) is 5.75 Å². The Morgan fingerprint density at radius 3 is 2.55 bits per heavy atom. The summed E-state index contributed by atoms with van der Waals surface area (Å²) in [5, 5.41) is 11.7. The predicted molar refractivity (Wildman–Crippen MR) is 124 cm³/mol. The first-order valence-corrected chi connectivity index (χ1v) is 11.6. The molecule has 3 aromatic rings. The number of hydrogen-bond donors (Lipinski definition) is 1. The third-order valence-electron chi connectivity index (χ3n) is 7.01. The maximum Gasteiger partial charge on any atom is 0.139 e. The Morgan fingerprint density at radius 2 is 1.77 bits per heavy atom. The van der Waals surface area contributed by atoms with Gasteiger partial charge in [0.25, 0.3) is 0 Å². The number of methoxy groups -OCH3 is 1. The van der Waals surface area contributed by atoms with Crippen molar-refractivity contribution in [1.29, 1.82) is 0 Å². The molecule has 2 aliphatic rings. The van der Waals surface area contributed by atoms with Crippen molar-refractivity contribution in [2.75, 3.05) is 33.3 Å². The first-order chi connectivity index (χ1) is 15.2. The number of piperidine rings is 2. The van der Waals surface area contributed by atoms with Gasteiger partial charge < -0.3 is 19.2 Å². The topological polar surface area (TPSA) is 49.1 Å². The van der Waals surface area contributed by atoms with Gasteiger partial charge in [-0.25, -0.2) is 0 Å². The van der Waals surface area contributed by atoms with Gasteiger partial charge in [0.2, 0.25) is 0 Å². The molecule has 31 heavy (non-hydrogen) atoms. The molecule has 1 aromatic heterocycles. The molecule has 164 valence electrons. The molecule has 2 saturated heterocycles. The summed E-state index contributed by atoms with van der Waals surface area (Å²) in [7, 11) is 1.67. The van der Waals surface area contributed by atoms with Crippen LogP contribution in [0.5, 0.6) is 11.5 Å². The van der Waals surface area contributed by atoms with Gasteiger partial charge in [-0.15, -0.1) is 0 Å². The first kappa shape index (κ1) is 20.4. The lowest BCUT2D eigenvalue weighted by Crippen LogP contribution is -2.46. The van der Waals surface area contributed by atoms with Gasteiger partial charge in [-0.2, -0.15) is 0 Å². The Labute approximate surface area is 184 Å². The molecule has 0 amide bonds. The molecule has 3 heterocycles. The fourth-order valence-corrected chi connectivity index (χ4v) is 5.25. The number of fused-ring (bicyclic) bond motifs is 1. The number of ether oxygens (including phenoxy) is 1. The van der Waals surface area contributed by atoms with Crippen LogP contribution in [0.3, 0.4) is 0 Å². The Hall–Kier alpha value is -2.50. The molecule has 0 radical (unpaired) electrons. The third-order valence-corrected chi connectivity index (χ3v) is 7.01. The number of hydrogen-bond acceptors (Lipinski definition) is 5. The minimum absolute atomic E-state index is 0.345. The fraction of sp³-hybridized carbons (Fsp3) is 0.462. The highest BCUT2D eigenvalue weighted by Crippen LogP contribution is 2.38. The zero-order valence-electron chi connectivity index (χ0n) is 18.3. The van der Waals surface area contributed by atoms with Crippen molar-refractivity contribution in [3.05, 3.63) is 48.0 Å². The van der Waals surface area contributed by atoms with Crippen LogP contribution in [-0.2, 0) is 6.54 Å². The minimum atomic E-state index is 0.345. The van der Waals surface area contributed by atoms with Gasteiger partial charge >= 0.3 is 0 Å². The van der Waals surface area contributed by atoms with Crippen molar-refractivity contribution >= 4 is 11.0 Å². The van der Waals surface area contributed by atoms with E-state index in [1.807, 2.05) is 36.4 Å². The van der Waals surface area contributed by atoms with E-state index in [2.05, 4.69) is 9.80 Å². The summed E-state index contributed by atoms with van der Waals surface area (Å²) >= 11 is 0. The van der Waals surface area contributed by atoms with Crippen LogP contribution < -0.4 is 4.74 Å². The molecule has 0 unspecified atom stereocenters. The monoisotopic (exact) mass is 420 g/mol. The number of aromatic hydroxyl groups is 1. The summed E-state index contributed by atoms with van der Waals surface area (Å²) in [6.45, 7) is 5.44. The van der Waals surface area contributed by atoms with Crippen LogP contribution in [-0.4, -0.2) is 54.2 Å². The van der Waals surface area contributed by atoms with Crippen LogP contribution in [0.25, 0.3) is 22.3 Å². The van der Waals surface area contributed by atoms with Crippen molar-refractivity contribution in [1.82, 2.24) is 9.80 Å². The van der Waals surface area contributed by atoms with E-state index in [1.165, 1.54) is 45.2 Å². The van der Waals surface area contributed by atoms with Gasteiger partial charge in [0.1, 0.15) is 22.8 Å². The largest absolute Gasteiger partial charge is 0.508 e. The number of para-hydroxylation sites is 1. The Kier molecular flexibility index (Phi) is 5.88. The van der Waals surface area contributed by atoms with E-state index in [9.17, 15) is 5.11 Å². The number of phenols is 1. The highest BCUT2D eigenvalue weighted by molar-refractivity contribution is 5.88. The quantitative estimate of drug-likeness (QED) is 0.610. The summed E-state index contributed by atoms with van der Waals surface area (Å²) < 4.78 is 11.7. The normalized spacial score (nSPS) is 19.1. The average molecular weight is 421 g/mol. The SMILES string of the molecule is COc1ccccc1-c1cc2c(CN3CCC(N4CCCCC4)CC3)c(O)ccc2o1. The summed E-state index contributed by atoms with van der Waals surface area (Å²) in [6, 6.07) is 14.3. The Balaban J connectivity index is 1.35. The zero-order chi connectivity index (χ0) is 21.2. The smallest absolute Gasteiger partial charge is 0.139 e. The van der Waals surface area contributed by atoms with Crippen molar-refractivity contribution < 1.29 is 14.3 Å². The molecule has 0 spiro atoms. The Bertz CT molecular complexity index is 1030. The highest BCUT2D eigenvalue weighted by atomic mass is 16.5. The van der Waals surface area contributed by atoms with Crippen molar-refractivity contribution in [3.8, 4) is 22.8 Å². The maximum atomic E-state index is 10.7. The number of furan rings is 1. The van der Waals surface area contributed by atoms with Crippen LogP contribution in [0.15, 0.2) is 46.9 Å². The first-order valence-electron chi connectivity index (χ1n) is 11.6. The van der Waals surface area contributed by atoms with E-state index in [4.69, 9.17) is 9.15 Å². The van der Waals surface area contributed by atoms with Crippen molar-refractivity contribution in [2.24, 2.45) is 0 Å². The van der Waals surface area contributed by atoms with Crippen LogP contribution in [0.1, 0.15) is 37.7 Å². The molecule has 0 bridgehead atoms. The van der Waals surface area contributed by atoms with Gasteiger partial charge in [-0.05, 0) is 82.2 Å². The van der Waals surface area contributed by atoms with Crippen molar-refractivity contribution in [3.63, 3.8) is 0 Å². The van der Waals surface area contributed by atoms with Crippen LogP contribution >= 0.6 is 0 Å². The summed E-state index contributed by atoms with van der Waals surface area (Å²) in [4.78, 5) is 5.18. The van der Waals surface area contributed by atoms with E-state index in [0.717, 1.165) is 59.3 Å². The van der Waals surface area contributed by atoms with E-state index < -0.39 is 0 Å². The lowest BCUT2D eigenvalue weighted by Gasteiger charge is -2.40. The third kappa shape index (κ3) is 4.17. The molecule has 1 N–H and O–H groups in total. The van der Waals surface area contributed by atoms with Crippen LogP contribution in [0.2, 0.25) is 0 Å². The summed E-state index contributed by atoms with van der Waals surface area (Å²) in [5.74, 6) is 1.90. The zero-order valence-corrected chi connectivity index (χ0v) is 18.3. The number of phenolic OH excluding ortho intramolecular Hbond substituents is 1. The molecular weight excluding hydrogens is 388 g/mol. The second-order valence-corrected chi connectivity index (χ2v) is 8.89. The number of rotatable bonds is 5.